The summed E-state index contributed by atoms with van der Waals surface area (Å²) in [6, 6.07) is 0. The zero-order chi connectivity index (χ0) is 12.4. The van der Waals surface area contributed by atoms with Gasteiger partial charge in [0.2, 0.25) is 5.28 Å². The lowest BCUT2D eigenvalue weighted by Crippen LogP contribution is -2.24. The van der Waals surface area contributed by atoms with E-state index in [1.165, 1.54) is 27.7 Å². The first-order chi connectivity index (χ1) is 8.17. The molecule has 17 heavy (non-hydrogen) atoms. The Morgan fingerprint density at radius 2 is 2.29 bits per heavy atom. The van der Waals surface area contributed by atoms with Crippen molar-refractivity contribution in [2.45, 2.75) is 10.9 Å². The third-order valence-electron chi connectivity index (χ3n) is 2.15. The SMILES string of the molecule is COCCn1c(Cl)nc2sc(SC)nc2c1=O. The molecule has 2 rings (SSSR count). The van der Waals surface area contributed by atoms with Crippen molar-refractivity contribution in [3.05, 3.63) is 15.6 Å². The van der Waals surface area contributed by atoms with Crippen molar-refractivity contribution in [1.82, 2.24) is 14.5 Å². The van der Waals surface area contributed by atoms with Crippen LogP contribution >= 0.6 is 34.7 Å². The highest BCUT2D eigenvalue weighted by molar-refractivity contribution is 8.00. The Hall–Kier alpha value is -0.630. The normalized spacial score (nSPS) is 11.2. The quantitative estimate of drug-likeness (QED) is 0.636. The Morgan fingerprint density at radius 1 is 1.53 bits per heavy atom. The average Bonchev–Trinajstić information content (AvgIpc) is 2.72. The first kappa shape index (κ1) is 12.8. The molecule has 2 aromatic rings. The Morgan fingerprint density at radius 3 is 2.94 bits per heavy atom. The summed E-state index contributed by atoms with van der Waals surface area (Å²) in [6.07, 6.45) is 1.91. The van der Waals surface area contributed by atoms with Crippen molar-refractivity contribution in [2.75, 3.05) is 20.0 Å². The number of hydrogen-bond acceptors (Lipinski definition) is 6. The van der Waals surface area contributed by atoms with Crippen molar-refractivity contribution < 1.29 is 4.74 Å². The number of hydrogen-bond donors (Lipinski definition) is 0. The van der Waals surface area contributed by atoms with Gasteiger partial charge in [-0.1, -0.05) is 23.1 Å². The molecular formula is C9H10ClN3O2S2. The molecule has 0 bridgehead atoms. The van der Waals surface area contributed by atoms with E-state index in [1.807, 2.05) is 6.26 Å². The number of nitrogens with zero attached hydrogens (tertiary/aromatic N) is 3. The number of methoxy groups -OCH3 is 1. The second-order valence-corrected chi connectivity index (χ2v) is 5.54. The second kappa shape index (κ2) is 5.34. The predicted octanol–water partition coefficient (Wildman–Crippen LogP) is 1.87. The van der Waals surface area contributed by atoms with Crippen LogP contribution in [-0.2, 0) is 11.3 Å². The lowest BCUT2D eigenvalue weighted by atomic mass is 10.5. The molecule has 0 aliphatic heterocycles. The maximum Gasteiger partial charge on any atom is 0.282 e. The topological polar surface area (TPSA) is 57.0 Å². The summed E-state index contributed by atoms with van der Waals surface area (Å²) in [6.45, 7) is 0.787. The Labute approximate surface area is 111 Å². The summed E-state index contributed by atoms with van der Waals surface area (Å²) < 4.78 is 7.11. The van der Waals surface area contributed by atoms with Crippen molar-refractivity contribution in [3.8, 4) is 0 Å². The first-order valence-electron chi connectivity index (χ1n) is 4.77. The summed E-state index contributed by atoms with van der Waals surface area (Å²) in [5.41, 5.74) is 0.161. The van der Waals surface area contributed by atoms with Crippen LogP contribution in [0.2, 0.25) is 5.28 Å². The minimum absolute atomic E-state index is 0.177. The monoisotopic (exact) mass is 291 g/mol. The third kappa shape index (κ3) is 2.47. The highest BCUT2D eigenvalue weighted by atomic mass is 35.5. The van der Waals surface area contributed by atoms with Crippen LogP contribution in [0.5, 0.6) is 0 Å². The van der Waals surface area contributed by atoms with E-state index in [2.05, 4.69) is 9.97 Å². The molecule has 92 valence electrons. The lowest BCUT2D eigenvalue weighted by Gasteiger charge is -2.05. The molecule has 5 nitrogen and oxygen atoms in total. The maximum absolute atomic E-state index is 12.1. The molecule has 0 amide bonds. The van der Waals surface area contributed by atoms with Crippen molar-refractivity contribution in [1.29, 1.82) is 0 Å². The minimum Gasteiger partial charge on any atom is -0.383 e. The Bertz CT molecular complexity index is 596. The van der Waals surface area contributed by atoms with Crippen molar-refractivity contribution in [3.63, 3.8) is 0 Å². The average molecular weight is 292 g/mol. The fourth-order valence-electron chi connectivity index (χ4n) is 1.33. The van der Waals surface area contributed by atoms with E-state index in [0.717, 1.165) is 4.34 Å². The van der Waals surface area contributed by atoms with Crippen LogP contribution in [0.1, 0.15) is 0 Å². The summed E-state index contributed by atoms with van der Waals surface area (Å²) in [5, 5.41) is 0.177. The van der Waals surface area contributed by atoms with Gasteiger partial charge in [0.1, 0.15) is 0 Å². The van der Waals surface area contributed by atoms with Crippen LogP contribution < -0.4 is 5.56 Å². The Kier molecular flexibility index (Phi) is 4.03. The van der Waals surface area contributed by atoms with E-state index in [4.69, 9.17) is 16.3 Å². The number of aromatic nitrogens is 3. The zero-order valence-corrected chi connectivity index (χ0v) is 11.7. The summed E-state index contributed by atoms with van der Waals surface area (Å²) >= 11 is 8.82. The van der Waals surface area contributed by atoms with E-state index < -0.39 is 0 Å². The standard InChI is InChI=1S/C9H10ClN3O2S2/c1-15-4-3-13-7(14)5-6(12-8(13)10)17-9(11-5)16-2/h3-4H2,1-2H3. The molecule has 0 unspecified atom stereocenters. The lowest BCUT2D eigenvalue weighted by molar-refractivity contribution is 0.186. The van der Waals surface area contributed by atoms with Crippen LogP contribution in [0, 0.1) is 0 Å². The van der Waals surface area contributed by atoms with Crippen molar-refractivity contribution in [2.24, 2.45) is 0 Å². The van der Waals surface area contributed by atoms with Crippen LogP contribution in [-0.4, -0.2) is 34.5 Å². The number of ether oxygens (including phenoxy) is 1. The molecule has 2 heterocycles. The van der Waals surface area contributed by atoms with Gasteiger partial charge in [-0.05, 0) is 17.9 Å². The second-order valence-electron chi connectivity index (χ2n) is 3.17. The number of thioether (sulfide) groups is 1. The first-order valence-corrected chi connectivity index (χ1v) is 7.19. The smallest absolute Gasteiger partial charge is 0.282 e. The third-order valence-corrected chi connectivity index (χ3v) is 4.37. The van der Waals surface area contributed by atoms with Gasteiger partial charge in [-0.25, -0.2) is 9.97 Å². The fraction of sp³-hybridized carbons (Fsp3) is 0.444. The van der Waals surface area contributed by atoms with Gasteiger partial charge in [0.25, 0.3) is 5.56 Å². The highest BCUT2D eigenvalue weighted by Crippen LogP contribution is 2.25. The van der Waals surface area contributed by atoms with Gasteiger partial charge in [-0.15, -0.1) is 0 Å². The molecule has 0 N–H and O–H groups in total. The van der Waals surface area contributed by atoms with E-state index in [-0.39, 0.29) is 10.8 Å². The van der Waals surface area contributed by atoms with Gasteiger partial charge in [0, 0.05) is 7.11 Å². The molecule has 0 aliphatic rings. The van der Waals surface area contributed by atoms with Gasteiger partial charge >= 0.3 is 0 Å². The van der Waals surface area contributed by atoms with E-state index in [9.17, 15) is 4.79 Å². The Balaban J connectivity index is 2.57. The molecular weight excluding hydrogens is 282 g/mol. The van der Waals surface area contributed by atoms with E-state index in [0.29, 0.717) is 23.5 Å². The minimum atomic E-state index is -0.214. The molecule has 0 atom stereocenters. The predicted molar refractivity (Wildman–Crippen MR) is 70.3 cm³/mol. The summed E-state index contributed by atoms with van der Waals surface area (Å²) in [7, 11) is 1.57. The van der Waals surface area contributed by atoms with Gasteiger partial charge in [-0.2, -0.15) is 0 Å². The molecule has 0 fully saturated rings. The molecule has 0 aliphatic carbocycles. The van der Waals surface area contributed by atoms with E-state index >= 15 is 0 Å². The van der Waals surface area contributed by atoms with Crippen LogP contribution in [0.15, 0.2) is 9.13 Å². The fourth-order valence-corrected chi connectivity index (χ4v) is 3.04. The van der Waals surface area contributed by atoms with Gasteiger partial charge < -0.3 is 4.74 Å². The van der Waals surface area contributed by atoms with Gasteiger partial charge in [0.15, 0.2) is 14.7 Å². The number of thiazole rings is 1. The molecule has 2 aromatic heterocycles. The molecule has 0 aromatic carbocycles. The van der Waals surface area contributed by atoms with E-state index in [1.54, 1.807) is 7.11 Å². The highest BCUT2D eigenvalue weighted by Gasteiger charge is 2.13. The molecule has 0 radical (unpaired) electrons. The molecule has 8 heteroatoms. The van der Waals surface area contributed by atoms with Crippen molar-refractivity contribution >= 4 is 45.0 Å². The van der Waals surface area contributed by atoms with Gasteiger partial charge in [-0.3, -0.25) is 9.36 Å². The maximum atomic E-state index is 12.1. The number of halogens is 1. The summed E-state index contributed by atoms with van der Waals surface area (Å²) in [4.78, 5) is 21.1. The van der Waals surface area contributed by atoms with Crippen LogP contribution in [0.25, 0.3) is 10.3 Å². The molecule has 0 saturated carbocycles. The van der Waals surface area contributed by atoms with Gasteiger partial charge in [0.05, 0.1) is 13.2 Å². The zero-order valence-electron chi connectivity index (χ0n) is 9.27. The molecule has 0 saturated heterocycles. The van der Waals surface area contributed by atoms with Crippen LogP contribution in [0.3, 0.4) is 0 Å². The number of rotatable bonds is 4. The number of fused-ring (bicyclic) bond motifs is 1. The summed E-state index contributed by atoms with van der Waals surface area (Å²) in [5.74, 6) is 0. The largest absolute Gasteiger partial charge is 0.383 e. The molecule has 0 spiro atoms. The van der Waals surface area contributed by atoms with Crippen LogP contribution in [0.4, 0.5) is 0 Å².